The SMILES string of the molecule is CC(=O)OCC1OC(OCCCCCNC(=O)COCCNC(=O)CCC(CCC(=O)NCCOCC(N)=O)(CCC(=O)NCCOCC(N)=O)NC(=O)OCC2c3ccccc3-c3ccccc32)CC(OC(C)=O)C1OC(C)=O. The zero-order valence-corrected chi connectivity index (χ0v) is 45.7. The van der Waals surface area contributed by atoms with Gasteiger partial charge in [0, 0.05) is 90.7 Å². The Morgan fingerprint density at radius 3 is 1.56 bits per heavy atom. The van der Waals surface area contributed by atoms with Crippen molar-refractivity contribution in [1.82, 2.24) is 26.6 Å². The fourth-order valence-corrected chi connectivity index (χ4v) is 8.94. The number of benzene rings is 2. The second-order valence-corrected chi connectivity index (χ2v) is 19.0. The maximum Gasteiger partial charge on any atom is 0.407 e. The molecule has 0 aromatic heterocycles. The molecule has 4 atom stereocenters. The molecule has 2 aromatic rings. The Hall–Kier alpha value is -7.26. The third-order valence-corrected chi connectivity index (χ3v) is 12.6. The Morgan fingerprint density at radius 2 is 1.06 bits per heavy atom. The van der Waals surface area contributed by atoms with E-state index in [0.717, 1.165) is 22.3 Å². The summed E-state index contributed by atoms with van der Waals surface area (Å²) < 4.78 is 49.3. The Morgan fingerprint density at radius 1 is 0.562 bits per heavy atom. The van der Waals surface area contributed by atoms with E-state index in [4.69, 9.17) is 54.1 Å². The zero-order chi connectivity index (χ0) is 58.3. The molecule has 1 aliphatic heterocycles. The van der Waals surface area contributed by atoms with Crippen molar-refractivity contribution in [2.45, 2.75) is 121 Å². The maximum atomic E-state index is 13.9. The summed E-state index contributed by atoms with van der Waals surface area (Å²) in [5.41, 5.74) is 12.9. The van der Waals surface area contributed by atoms with Crippen LogP contribution in [0.5, 0.6) is 0 Å². The van der Waals surface area contributed by atoms with Crippen LogP contribution >= 0.6 is 0 Å². The lowest BCUT2D eigenvalue weighted by atomic mass is 9.83. The molecule has 2 aromatic carbocycles. The van der Waals surface area contributed by atoms with Crippen LogP contribution in [0.1, 0.15) is 102 Å². The average Bonchev–Trinajstić information content (AvgIpc) is 3.73. The minimum atomic E-state index is -1.35. The number of unbranched alkanes of at least 4 members (excludes halogenated alkanes) is 2. The van der Waals surface area contributed by atoms with Crippen molar-refractivity contribution in [2.75, 3.05) is 85.6 Å². The Balaban J connectivity index is 1.27. The van der Waals surface area contributed by atoms with Gasteiger partial charge >= 0.3 is 24.0 Å². The van der Waals surface area contributed by atoms with E-state index in [1.807, 2.05) is 48.5 Å². The summed E-state index contributed by atoms with van der Waals surface area (Å²) in [4.78, 5) is 123. The number of ether oxygens (including phenoxy) is 9. The van der Waals surface area contributed by atoms with E-state index in [2.05, 4.69) is 26.6 Å². The topological polar surface area (TPSA) is 366 Å². The monoisotopic (exact) mass is 1130 g/mol. The Kier molecular flexibility index (Phi) is 28.9. The van der Waals surface area contributed by atoms with E-state index in [9.17, 15) is 47.9 Å². The third-order valence-electron chi connectivity index (χ3n) is 12.6. The van der Waals surface area contributed by atoms with Crippen LogP contribution in [0.3, 0.4) is 0 Å². The van der Waals surface area contributed by atoms with Gasteiger partial charge in [0.1, 0.15) is 45.2 Å². The van der Waals surface area contributed by atoms with Crippen LogP contribution < -0.4 is 38.1 Å². The second-order valence-electron chi connectivity index (χ2n) is 19.0. The molecule has 4 unspecified atom stereocenters. The maximum absolute atomic E-state index is 13.9. The van der Waals surface area contributed by atoms with Gasteiger partial charge in [0.05, 0.1) is 19.8 Å². The molecule has 9 N–H and O–H groups in total. The van der Waals surface area contributed by atoms with Crippen molar-refractivity contribution in [3.63, 3.8) is 0 Å². The first kappa shape index (κ1) is 65.3. The average molecular weight is 1130 g/mol. The molecule has 26 nitrogen and oxygen atoms in total. The zero-order valence-electron chi connectivity index (χ0n) is 45.7. The van der Waals surface area contributed by atoms with Crippen LogP contribution in [0.4, 0.5) is 4.79 Å². The van der Waals surface area contributed by atoms with Crippen molar-refractivity contribution >= 4 is 59.4 Å². The highest BCUT2D eigenvalue weighted by Gasteiger charge is 2.44. The van der Waals surface area contributed by atoms with Gasteiger partial charge in [-0.25, -0.2) is 4.79 Å². The van der Waals surface area contributed by atoms with E-state index in [0.29, 0.717) is 25.8 Å². The van der Waals surface area contributed by atoms with Crippen LogP contribution in [0.2, 0.25) is 0 Å². The third kappa shape index (κ3) is 24.8. The molecule has 26 heteroatoms. The number of carbonyl (C=O) groups is 10. The highest BCUT2D eigenvalue weighted by molar-refractivity contribution is 5.81. The summed E-state index contributed by atoms with van der Waals surface area (Å²) in [6, 6.07) is 15.6. The van der Waals surface area contributed by atoms with Crippen molar-refractivity contribution in [1.29, 1.82) is 0 Å². The molecule has 1 aliphatic carbocycles. The molecule has 0 saturated carbocycles. The van der Waals surface area contributed by atoms with Gasteiger partial charge in [0.15, 0.2) is 12.4 Å². The van der Waals surface area contributed by atoms with Crippen LogP contribution in [0.25, 0.3) is 11.1 Å². The van der Waals surface area contributed by atoms with Gasteiger partial charge in [-0.15, -0.1) is 0 Å². The van der Waals surface area contributed by atoms with E-state index >= 15 is 0 Å². The quantitative estimate of drug-likeness (QED) is 0.0278. The van der Waals surface area contributed by atoms with Crippen LogP contribution in [-0.2, 0) is 85.8 Å². The van der Waals surface area contributed by atoms with Crippen molar-refractivity contribution in [3.8, 4) is 11.1 Å². The van der Waals surface area contributed by atoms with Crippen LogP contribution in [0, 0.1) is 0 Å². The first-order valence-electron chi connectivity index (χ1n) is 26.6. The molecule has 7 amide bonds. The van der Waals surface area contributed by atoms with Crippen molar-refractivity contribution in [3.05, 3.63) is 59.7 Å². The molecule has 442 valence electrons. The first-order chi connectivity index (χ1) is 38.3. The van der Waals surface area contributed by atoms with E-state index in [-0.39, 0.29) is 136 Å². The number of fused-ring (bicyclic) bond motifs is 3. The van der Waals surface area contributed by atoms with Crippen LogP contribution in [-0.4, -0.2) is 175 Å². The number of amides is 7. The summed E-state index contributed by atoms with van der Waals surface area (Å²) in [6.45, 7) is 3.11. The summed E-state index contributed by atoms with van der Waals surface area (Å²) in [7, 11) is 0. The summed E-state index contributed by atoms with van der Waals surface area (Å²) >= 11 is 0. The summed E-state index contributed by atoms with van der Waals surface area (Å²) in [5, 5.41) is 13.8. The lowest BCUT2D eigenvalue weighted by molar-refractivity contribution is -0.266. The number of primary amides is 2. The number of nitrogens with two attached hydrogens (primary N) is 2. The summed E-state index contributed by atoms with van der Waals surface area (Å²) in [5.74, 6) is -5.12. The van der Waals surface area contributed by atoms with Gasteiger partial charge in [-0.2, -0.15) is 0 Å². The molecule has 80 heavy (non-hydrogen) atoms. The smallest absolute Gasteiger partial charge is 0.407 e. The van der Waals surface area contributed by atoms with Crippen molar-refractivity contribution in [2.24, 2.45) is 11.5 Å². The number of carbonyl (C=O) groups excluding carboxylic acids is 10. The second kappa shape index (κ2) is 35.4. The van der Waals surface area contributed by atoms with Crippen LogP contribution in [0.15, 0.2) is 48.5 Å². The van der Waals surface area contributed by atoms with Gasteiger partial charge < -0.3 is 80.7 Å². The molecular weight excluding hydrogens is 1050 g/mol. The van der Waals surface area contributed by atoms with Gasteiger partial charge in [-0.1, -0.05) is 48.5 Å². The predicted octanol–water partition coefficient (Wildman–Crippen LogP) is 0.818. The van der Waals surface area contributed by atoms with E-state index < -0.39 is 83.7 Å². The molecule has 0 bridgehead atoms. The molecule has 1 saturated heterocycles. The number of hydrogen-bond acceptors (Lipinski definition) is 19. The lowest BCUT2D eigenvalue weighted by Gasteiger charge is -2.39. The van der Waals surface area contributed by atoms with Gasteiger partial charge in [-0.05, 0) is 60.8 Å². The van der Waals surface area contributed by atoms with E-state index in [1.165, 1.54) is 20.8 Å². The minimum Gasteiger partial charge on any atom is -0.463 e. The number of alkyl carbamates (subject to hydrolysis) is 1. The molecule has 0 spiro atoms. The van der Waals surface area contributed by atoms with Crippen molar-refractivity contribution < 1.29 is 90.6 Å². The molecule has 2 aliphatic rings. The fourth-order valence-electron chi connectivity index (χ4n) is 8.94. The van der Waals surface area contributed by atoms with Gasteiger partial charge in [0.25, 0.3) is 0 Å². The Bertz CT molecular complexity index is 2300. The largest absolute Gasteiger partial charge is 0.463 e. The Labute approximate surface area is 464 Å². The highest BCUT2D eigenvalue weighted by atomic mass is 16.7. The van der Waals surface area contributed by atoms with Gasteiger partial charge in [-0.3, -0.25) is 43.2 Å². The normalized spacial score (nSPS) is 16.4. The predicted molar refractivity (Wildman–Crippen MR) is 282 cm³/mol. The summed E-state index contributed by atoms with van der Waals surface area (Å²) in [6.07, 6.45) is -3.21. The molecular formula is C54H77N7O19. The number of nitrogens with one attached hydrogen (secondary N) is 5. The fraction of sp³-hybridized carbons (Fsp3) is 0.593. The number of hydrogen-bond donors (Lipinski definition) is 7. The highest BCUT2D eigenvalue weighted by Crippen LogP contribution is 2.44. The van der Waals surface area contributed by atoms with E-state index in [1.54, 1.807) is 0 Å². The number of esters is 3. The lowest BCUT2D eigenvalue weighted by Crippen LogP contribution is -2.54. The molecule has 1 fully saturated rings. The van der Waals surface area contributed by atoms with Gasteiger partial charge in [0.2, 0.25) is 35.4 Å². The number of rotatable bonds is 38. The molecule has 4 rings (SSSR count). The molecule has 0 radical (unpaired) electrons. The molecule has 1 heterocycles. The first-order valence-corrected chi connectivity index (χ1v) is 26.6. The minimum absolute atomic E-state index is 0.00252. The standard InChI is InChI=1S/C54H77N7O19/c1-35(62)76-31-44-52(79-37(3)64)43(78-36(2)63)29-51(80-44)75-25-10-4-9-21-57-50(70)34-74-28-24-60-49(69)17-20-54(18-15-47(67)58-22-26-72-32-45(55)65,19-16-48(68)59-23-27-73-33-46(56)66)61-53(71)77-30-42-40-13-7-5-11-38(40)39-12-6-8-14-41(39)42/h5-8,11-14,42-44,51-52H,4,9-10,15-34H2,1-3H3,(H2,55,65)(H2,56,66)(H,57,70)(H,58,67)(H,59,68)(H,60,69)(H,61,71).